The van der Waals surface area contributed by atoms with E-state index >= 15 is 0 Å². The predicted octanol–water partition coefficient (Wildman–Crippen LogP) is 14.2. The van der Waals surface area contributed by atoms with Crippen molar-refractivity contribution in [1.29, 1.82) is 0 Å². The summed E-state index contributed by atoms with van der Waals surface area (Å²) in [5, 5.41) is 5.12. The molecule has 0 radical (unpaired) electrons. The van der Waals surface area contributed by atoms with Crippen LogP contribution in [0.2, 0.25) is 0 Å². The van der Waals surface area contributed by atoms with Crippen molar-refractivity contribution in [3.05, 3.63) is 205 Å². The molecule has 0 amide bonds. The van der Waals surface area contributed by atoms with E-state index in [0.29, 0.717) is 0 Å². The van der Waals surface area contributed by atoms with Crippen molar-refractivity contribution in [2.75, 3.05) is 4.90 Å². The molecule has 3 nitrogen and oxygen atoms in total. The molecule has 11 rings (SSSR count). The van der Waals surface area contributed by atoms with Gasteiger partial charge in [0.25, 0.3) is 0 Å². The normalized spacial score (nSPS) is 17.7. The second kappa shape index (κ2) is 12.9. The summed E-state index contributed by atoms with van der Waals surface area (Å²) in [6.45, 7) is 2.35. The molecule has 6 aromatic carbocycles. The fourth-order valence-corrected chi connectivity index (χ4v) is 9.47. The standard InChI is InChI=1S/C53H41N3/c1-53-34-13-12-23-46(53)49(27-15-35-53)54(38-16-4-2-5-17-38)40-29-31-41(32-30-40)55-48-25-11-9-21-45(48)52-42(22-14-26-50(52)55)37-28-33-44-43-20-8-10-24-47(43)56(51(44)36-37)39-18-6-3-7-19-39/h2-6,8-18,20-34,36H,7,19,35H2,1H3. The lowest BCUT2D eigenvalue weighted by Gasteiger charge is -2.38. The van der Waals surface area contributed by atoms with Gasteiger partial charge >= 0.3 is 0 Å². The second-order valence-corrected chi connectivity index (χ2v) is 15.5. The first-order valence-electron chi connectivity index (χ1n) is 19.8. The highest BCUT2D eigenvalue weighted by molar-refractivity contribution is 6.17. The molecule has 0 saturated carbocycles. The Hall–Kier alpha value is -6.84. The summed E-state index contributed by atoms with van der Waals surface area (Å²) in [5.41, 5.74) is 14.7. The third kappa shape index (κ3) is 5.04. The summed E-state index contributed by atoms with van der Waals surface area (Å²) in [5.74, 6) is 0. The number of allylic oxidation sites excluding steroid dienone is 11. The Morgan fingerprint density at radius 1 is 0.571 bits per heavy atom. The molecular weight excluding hydrogens is 679 g/mol. The highest BCUT2D eigenvalue weighted by Crippen LogP contribution is 2.46. The Kier molecular flexibility index (Phi) is 7.50. The molecule has 56 heavy (non-hydrogen) atoms. The highest BCUT2D eigenvalue weighted by atomic mass is 15.2. The molecule has 0 saturated heterocycles. The fraction of sp³-hybridized carbons (Fsp3) is 0.0943. The molecule has 2 aromatic heterocycles. The number of rotatable bonds is 6. The number of aromatic nitrogens is 2. The van der Waals surface area contributed by atoms with Gasteiger partial charge in [0, 0.05) is 55.4 Å². The van der Waals surface area contributed by atoms with Crippen LogP contribution in [0.5, 0.6) is 0 Å². The zero-order valence-corrected chi connectivity index (χ0v) is 31.4. The van der Waals surface area contributed by atoms with Gasteiger partial charge in [-0.05, 0) is 109 Å². The molecule has 0 bridgehead atoms. The van der Waals surface area contributed by atoms with Gasteiger partial charge in [-0.25, -0.2) is 0 Å². The molecule has 2 heterocycles. The molecule has 268 valence electrons. The Morgan fingerprint density at radius 3 is 2.12 bits per heavy atom. The van der Waals surface area contributed by atoms with Crippen molar-refractivity contribution in [3.8, 4) is 16.8 Å². The monoisotopic (exact) mass is 719 g/mol. The van der Waals surface area contributed by atoms with E-state index in [4.69, 9.17) is 0 Å². The third-order valence-corrected chi connectivity index (χ3v) is 12.1. The Morgan fingerprint density at radius 2 is 1.30 bits per heavy atom. The van der Waals surface area contributed by atoms with Crippen LogP contribution in [0.1, 0.15) is 26.2 Å². The molecule has 3 heteroatoms. The molecule has 8 aromatic rings. The fourth-order valence-electron chi connectivity index (χ4n) is 9.47. The van der Waals surface area contributed by atoms with Gasteiger partial charge in [0.05, 0.1) is 22.1 Å². The van der Waals surface area contributed by atoms with Crippen molar-refractivity contribution in [3.63, 3.8) is 0 Å². The van der Waals surface area contributed by atoms with Gasteiger partial charge < -0.3 is 14.0 Å². The van der Waals surface area contributed by atoms with E-state index in [0.717, 1.165) is 36.3 Å². The average Bonchev–Trinajstić information content (AvgIpc) is 3.77. The summed E-state index contributed by atoms with van der Waals surface area (Å²) < 4.78 is 4.93. The van der Waals surface area contributed by atoms with Crippen LogP contribution in [-0.4, -0.2) is 9.13 Å². The lowest BCUT2D eigenvalue weighted by molar-refractivity contribution is 0.520. The zero-order valence-electron chi connectivity index (χ0n) is 31.4. The van der Waals surface area contributed by atoms with Crippen molar-refractivity contribution in [2.24, 2.45) is 5.41 Å². The van der Waals surface area contributed by atoms with E-state index in [-0.39, 0.29) is 5.41 Å². The molecule has 0 spiro atoms. The van der Waals surface area contributed by atoms with Gasteiger partial charge in [-0.2, -0.15) is 0 Å². The van der Waals surface area contributed by atoms with Gasteiger partial charge in [-0.1, -0.05) is 128 Å². The largest absolute Gasteiger partial charge is 0.313 e. The summed E-state index contributed by atoms with van der Waals surface area (Å²) in [6.07, 6.45) is 23.5. The number of para-hydroxylation sites is 3. The first-order chi connectivity index (χ1) is 27.7. The quantitative estimate of drug-likeness (QED) is 0.167. The van der Waals surface area contributed by atoms with E-state index in [2.05, 4.69) is 215 Å². The number of benzene rings is 6. The maximum Gasteiger partial charge on any atom is 0.0547 e. The van der Waals surface area contributed by atoms with E-state index < -0.39 is 0 Å². The van der Waals surface area contributed by atoms with E-state index in [9.17, 15) is 0 Å². The zero-order chi connectivity index (χ0) is 37.2. The van der Waals surface area contributed by atoms with Crippen LogP contribution >= 0.6 is 0 Å². The molecule has 0 fully saturated rings. The van der Waals surface area contributed by atoms with Crippen molar-refractivity contribution in [2.45, 2.75) is 26.2 Å². The lowest BCUT2D eigenvalue weighted by atomic mass is 9.73. The van der Waals surface area contributed by atoms with E-state index in [1.165, 1.54) is 71.7 Å². The average molecular weight is 720 g/mol. The van der Waals surface area contributed by atoms with Crippen molar-refractivity contribution in [1.82, 2.24) is 9.13 Å². The molecule has 1 unspecified atom stereocenters. The number of fused-ring (bicyclic) bond motifs is 7. The minimum Gasteiger partial charge on any atom is -0.313 e. The summed E-state index contributed by atoms with van der Waals surface area (Å²) >= 11 is 0. The van der Waals surface area contributed by atoms with Gasteiger partial charge in [0.1, 0.15) is 0 Å². The topological polar surface area (TPSA) is 13.1 Å². The lowest BCUT2D eigenvalue weighted by Crippen LogP contribution is -2.27. The Labute approximate surface area is 327 Å². The van der Waals surface area contributed by atoms with Crippen molar-refractivity contribution < 1.29 is 0 Å². The van der Waals surface area contributed by atoms with Gasteiger partial charge in [0.15, 0.2) is 0 Å². The highest BCUT2D eigenvalue weighted by Gasteiger charge is 2.32. The van der Waals surface area contributed by atoms with E-state index in [1.807, 2.05) is 0 Å². The van der Waals surface area contributed by atoms with Crippen LogP contribution in [0.25, 0.3) is 66.1 Å². The summed E-state index contributed by atoms with van der Waals surface area (Å²) in [7, 11) is 0. The first kappa shape index (κ1) is 32.6. The minimum atomic E-state index is -0.0297. The smallest absolute Gasteiger partial charge is 0.0547 e. The van der Waals surface area contributed by atoms with Crippen LogP contribution in [0, 0.1) is 5.41 Å². The number of nitrogens with zero attached hydrogens (tertiary/aromatic N) is 3. The van der Waals surface area contributed by atoms with Gasteiger partial charge in [-0.15, -0.1) is 0 Å². The summed E-state index contributed by atoms with van der Waals surface area (Å²) in [4.78, 5) is 2.41. The van der Waals surface area contributed by atoms with Gasteiger partial charge in [-0.3, -0.25) is 0 Å². The molecule has 3 aliphatic rings. The maximum absolute atomic E-state index is 2.49. The van der Waals surface area contributed by atoms with Crippen LogP contribution in [0.15, 0.2) is 205 Å². The van der Waals surface area contributed by atoms with Crippen LogP contribution < -0.4 is 4.90 Å². The molecule has 1 atom stereocenters. The molecular formula is C53H41N3. The molecule has 0 aliphatic heterocycles. The van der Waals surface area contributed by atoms with Crippen LogP contribution in [0.4, 0.5) is 11.4 Å². The summed E-state index contributed by atoms with van der Waals surface area (Å²) in [6, 6.07) is 51.5. The SMILES string of the molecule is CC12C=CC=CC1=C(N(c1ccccc1)c1ccc(-n3c4ccccc4c4c(-c5ccc6c7ccccc7n(C7=CC=CCC7)c6c5)cccc43)cc1)C=CC2. The van der Waals surface area contributed by atoms with Crippen LogP contribution in [0.3, 0.4) is 0 Å². The Balaban J connectivity index is 1.07. The maximum atomic E-state index is 2.49. The van der Waals surface area contributed by atoms with Gasteiger partial charge in [0.2, 0.25) is 0 Å². The second-order valence-electron chi connectivity index (χ2n) is 15.5. The predicted molar refractivity (Wildman–Crippen MR) is 238 cm³/mol. The third-order valence-electron chi connectivity index (χ3n) is 12.1. The number of hydrogen-bond acceptors (Lipinski definition) is 1. The first-order valence-corrected chi connectivity index (χ1v) is 19.8. The van der Waals surface area contributed by atoms with Crippen LogP contribution in [-0.2, 0) is 0 Å². The Bertz CT molecular complexity index is 3050. The minimum absolute atomic E-state index is 0.0297. The van der Waals surface area contributed by atoms with Crippen molar-refractivity contribution >= 4 is 60.7 Å². The number of anilines is 2. The molecule has 0 N–H and O–H groups in total. The number of hydrogen-bond donors (Lipinski definition) is 0. The van der Waals surface area contributed by atoms with E-state index in [1.54, 1.807) is 0 Å². The molecule has 3 aliphatic carbocycles.